The second-order valence-corrected chi connectivity index (χ2v) is 7.59. The van der Waals surface area contributed by atoms with E-state index in [9.17, 15) is 0 Å². The average molecular weight is 317 g/mol. The Morgan fingerprint density at radius 1 is 1.14 bits per heavy atom. The van der Waals surface area contributed by atoms with Crippen molar-refractivity contribution in [3.63, 3.8) is 0 Å². The highest BCUT2D eigenvalue weighted by Gasteiger charge is 2.36. The second kappa shape index (κ2) is 8.14. The van der Waals surface area contributed by atoms with Crippen LogP contribution in [0.2, 0.25) is 0 Å². The highest BCUT2D eigenvalue weighted by atomic mass is 35.5. The van der Waals surface area contributed by atoms with Gasteiger partial charge in [0.2, 0.25) is 0 Å². The first-order valence-corrected chi connectivity index (χ1v) is 8.81. The molecule has 0 amide bonds. The summed E-state index contributed by atoms with van der Waals surface area (Å²) in [6.07, 6.45) is 11.3. The summed E-state index contributed by atoms with van der Waals surface area (Å²) in [5, 5.41) is 7.62. The Hall–Kier alpha value is 0.170. The maximum atomic E-state index is 5.67. The van der Waals surface area contributed by atoms with Crippen LogP contribution in [0.3, 0.4) is 0 Å². The van der Waals surface area contributed by atoms with Gasteiger partial charge in [-0.05, 0) is 37.0 Å². The van der Waals surface area contributed by atoms with Crippen LogP contribution in [0.15, 0.2) is 0 Å². The van der Waals surface area contributed by atoms with Crippen molar-refractivity contribution >= 4 is 12.4 Å². The van der Waals surface area contributed by atoms with Crippen molar-refractivity contribution in [3.8, 4) is 0 Å². The summed E-state index contributed by atoms with van der Waals surface area (Å²) in [6, 6.07) is 1.30. The van der Waals surface area contributed by atoms with Gasteiger partial charge in [0.05, 0.1) is 13.2 Å². The van der Waals surface area contributed by atoms with E-state index in [1.54, 1.807) is 0 Å². The van der Waals surface area contributed by atoms with Crippen LogP contribution in [0.5, 0.6) is 0 Å². The van der Waals surface area contributed by atoms with Gasteiger partial charge in [0, 0.05) is 25.2 Å². The van der Waals surface area contributed by atoms with E-state index in [1.165, 1.54) is 57.9 Å². The van der Waals surface area contributed by atoms with E-state index >= 15 is 0 Å². The van der Waals surface area contributed by atoms with Gasteiger partial charge in [-0.25, -0.2) is 0 Å². The van der Waals surface area contributed by atoms with Gasteiger partial charge in [-0.3, -0.25) is 0 Å². The fourth-order valence-corrected chi connectivity index (χ4v) is 4.54. The molecular weight excluding hydrogens is 284 g/mol. The third-order valence-electron chi connectivity index (χ3n) is 5.89. The molecule has 1 heterocycles. The zero-order valence-corrected chi connectivity index (χ0v) is 14.4. The molecule has 0 aromatic rings. The number of ether oxygens (including phenoxy) is 1. The van der Waals surface area contributed by atoms with Crippen molar-refractivity contribution in [1.82, 2.24) is 10.6 Å². The van der Waals surface area contributed by atoms with E-state index in [4.69, 9.17) is 4.74 Å². The molecule has 2 aliphatic carbocycles. The van der Waals surface area contributed by atoms with Gasteiger partial charge in [-0.1, -0.05) is 32.6 Å². The van der Waals surface area contributed by atoms with Crippen molar-refractivity contribution in [2.24, 2.45) is 11.3 Å². The second-order valence-electron chi connectivity index (χ2n) is 7.59. The SMILES string of the molecule is CC1(CNC2CCCC2C2COCCN2)CCCCC1.Cl. The number of rotatable bonds is 4. The third-order valence-corrected chi connectivity index (χ3v) is 5.89. The first-order chi connectivity index (χ1) is 9.77. The first kappa shape index (κ1) is 17.5. The summed E-state index contributed by atoms with van der Waals surface area (Å²) in [7, 11) is 0. The first-order valence-electron chi connectivity index (χ1n) is 8.81. The minimum Gasteiger partial charge on any atom is -0.379 e. The Kier molecular flexibility index (Phi) is 6.79. The Balaban J connectivity index is 0.00000161. The van der Waals surface area contributed by atoms with E-state index in [1.807, 2.05) is 0 Å². The van der Waals surface area contributed by atoms with Gasteiger partial charge in [0.15, 0.2) is 0 Å². The molecule has 4 heteroatoms. The van der Waals surface area contributed by atoms with Crippen LogP contribution < -0.4 is 10.6 Å². The van der Waals surface area contributed by atoms with Crippen molar-refractivity contribution in [2.45, 2.75) is 70.4 Å². The molecule has 3 rings (SSSR count). The molecule has 0 aromatic carbocycles. The van der Waals surface area contributed by atoms with Crippen molar-refractivity contribution in [2.75, 3.05) is 26.3 Å². The van der Waals surface area contributed by atoms with Crippen LogP contribution in [0.25, 0.3) is 0 Å². The van der Waals surface area contributed by atoms with Gasteiger partial charge in [-0.15, -0.1) is 12.4 Å². The summed E-state index contributed by atoms with van der Waals surface area (Å²) in [5.74, 6) is 0.780. The molecule has 1 saturated heterocycles. The Morgan fingerprint density at radius 2 is 1.95 bits per heavy atom. The number of hydrogen-bond donors (Lipinski definition) is 2. The maximum Gasteiger partial charge on any atom is 0.0623 e. The molecule has 1 aliphatic heterocycles. The van der Waals surface area contributed by atoms with E-state index in [2.05, 4.69) is 17.6 Å². The van der Waals surface area contributed by atoms with Gasteiger partial charge >= 0.3 is 0 Å². The van der Waals surface area contributed by atoms with Crippen LogP contribution in [0.1, 0.15) is 58.3 Å². The molecule has 3 atom stereocenters. The molecule has 124 valence electrons. The van der Waals surface area contributed by atoms with Crippen LogP contribution in [0, 0.1) is 11.3 Å². The van der Waals surface area contributed by atoms with E-state index in [0.717, 1.165) is 25.7 Å². The molecule has 3 fully saturated rings. The van der Waals surface area contributed by atoms with Crippen molar-refractivity contribution in [1.29, 1.82) is 0 Å². The molecular formula is C17H33ClN2O. The maximum absolute atomic E-state index is 5.67. The minimum absolute atomic E-state index is 0. The van der Waals surface area contributed by atoms with Gasteiger partial charge < -0.3 is 15.4 Å². The van der Waals surface area contributed by atoms with Crippen LogP contribution in [-0.4, -0.2) is 38.4 Å². The van der Waals surface area contributed by atoms with E-state index < -0.39 is 0 Å². The minimum atomic E-state index is 0. The molecule has 21 heavy (non-hydrogen) atoms. The molecule has 0 spiro atoms. The summed E-state index contributed by atoms with van der Waals surface area (Å²) in [4.78, 5) is 0. The lowest BCUT2D eigenvalue weighted by atomic mass is 9.75. The molecule has 0 bridgehead atoms. The van der Waals surface area contributed by atoms with Gasteiger partial charge in [0.1, 0.15) is 0 Å². The Morgan fingerprint density at radius 3 is 2.67 bits per heavy atom. The zero-order chi connectivity index (χ0) is 13.8. The summed E-state index contributed by atoms with van der Waals surface area (Å²) in [6.45, 7) is 6.55. The molecule has 2 N–H and O–H groups in total. The molecule has 3 nitrogen and oxygen atoms in total. The van der Waals surface area contributed by atoms with Crippen molar-refractivity contribution in [3.05, 3.63) is 0 Å². The highest BCUT2D eigenvalue weighted by Crippen LogP contribution is 2.36. The molecule has 2 saturated carbocycles. The number of morpholine rings is 1. The summed E-state index contributed by atoms with van der Waals surface area (Å²) >= 11 is 0. The van der Waals surface area contributed by atoms with Crippen LogP contribution >= 0.6 is 12.4 Å². The third kappa shape index (κ3) is 4.57. The fraction of sp³-hybridized carbons (Fsp3) is 1.00. The number of nitrogens with one attached hydrogen (secondary N) is 2. The Bertz CT molecular complexity index is 301. The summed E-state index contributed by atoms with van der Waals surface area (Å²) in [5.41, 5.74) is 0.557. The largest absolute Gasteiger partial charge is 0.379 e. The van der Waals surface area contributed by atoms with E-state index in [0.29, 0.717) is 17.5 Å². The van der Waals surface area contributed by atoms with Gasteiger partial charge in [0.25, 0.3) is 0 Å². The lowest BCUT2D eigenvalue weighted by molar-refractivity contribution is 0.0512. The average Bonchev–Trinajstić information content (AvgIpc) is 2.95. The lowest BCUT2D eigenvalue weighted by Gasteiger charge is -2.37. The molecule has 3 unspecified atom stereocenters. The van der Waals surface area contributed by atoms with Crippen LogP contribution in [0.4, 0.5) is 0 Å². The number of hydrogen-bond acceptors (Lipinski definition) is 3. The standard InChI is InChI=1S/C17H32N2O.ClH/c1-17(8-3-2-4-9-17)13-19-15-7-5-6-14(15)16-12-20-11-10-18-16;/h14-16,18-19H,2-13H2,1H3;1H. The predicted molar refractivity (Wildman–Crippen MR) is 90.2 cm³/mol. The summed E-state index contributed by atoms with van der Waals surface area (Å²) < 4.78 is 5.67. The van der Waals surface area contributed by atoms with Crippen molar-refractivity contribution < 1.29 is 4.74 Å². The molecule has 0 aromatic heterocycles. The quantitative estimate of drug-likeness (QED) is 0.836. The topological polar surface area (TPSA) is 33.3 Å². The highest BCUT2D eigenvalue weighted by molar-refractivity contribution is 5.85. The van der Waals surface area contributed by atoms with Crippen LogP contribution in [-0.2, 0) is 4.74 Å². The zero-order valence-electron chi connectivity index (χ0n) is 13.5. The predicted octanol–water partition coefficient (Wildman–Crippen LogP) is 3.13. The Labute approximate surface area is 136 Å². The monoisotopic (exact) mass is 316 g/mol. The number of halogens is 1. The van der Waals surface area contributed by atoms with E-state index in [-0.39, 0.29) is 12.4 Å². The normalized spacial score (nSPS) is 36.1. The smallest absolute Gasteiger partial charge is 0.0623 e. The van der Waals surface area contributed by atoms with Gasteiger partial charge in [-0.2, -0.15) is 0 Å². The lowest BCUT2D eigenvalue weighted by Crippen LogP contribution is -2.52. The molecule has 3 aliphatic rings. The molecule has 0 radical (unpaired) electrons. The fourth-order valence-electron chi connectivity index (χ4n) is 4.54.